The van der Waals surface area contributed by atoms with Gasteiger partial charge in [-0.15, -0.1) is 11.3 Å². The average molecular weight is 435 g/mol. The summed E-state index contributed by atoms with van der Waals surface area (Å²) in [5.74, 6) is -0.0251. The Bertz CT molecular complexity index is 1300. The molecule has 4 aromatic rings. The van der Waals surface area contributed by atoms with Crippen LogP contribution in [0.4, 0.5) is 10.2 Å². The van der Waals surface area contributed by atoms with E-state index < -0.39 is 5.82 Å². The highest BCUT2D eigenvalue weighted by Gasteiger charge is 2.21. The van der Waals surface area contributed by atoms with E-state index in [1.54, 1.807) is 48.7 Å². The minimum absolute atomic E-state index is 0.189. The fourth-order valence-electron chi connectivity index (χ4n) is 3.15. The number of carbonyl (C=O) groups is 1. The Labute approximate surface area is 181 Å². The smallest absolute Gasteiger partial charge is 0.266 e. The van der Waals surface area contributed by atoms with E-state index in [4.69, 9.17) is 4.74 Å². The van der Waals surface area contributed by atoms with Crippen LogP contribution < -0.4 is 15.5 Å². The van der Waals surface area contributed by atoms with Gasteiger partial charge in [0.1, 0.15) is 23.1 Å². The molecule has 8 heteroatoms. The van der Waals surface area contributed by atoms with E-state index in [0.717, 1.165) is 0 Å². The number of hydrogen-bond donors (Lipinski definition) is 1. The molecule has 4 rings (SSSR count). The topological polar surface area (TPSA) is 73.2 Å². The van der Waals surface area contributed by atoms with Gasteiger partial charge >= 0.3 is 0 Å². The molecule has 0 fully saturated rings. The Morgan fingerprint density at radius 2 is 1.90 bits per heavy atom. The van der Waals surface area contributed by atoms with Crippen molar-refractivity contribution in [2.24, 2.45) is 0 Å². The summed E-state index contributed by atoms with van der Waals surface area (Å²) < 4.78 is 20.3. The minimum Gasteiger partial charge on any atom is -0.497 e. The van der Waals surface area contributed by atoms with Gasteiger partial charge in [-0.25, -0.2) is 9.07 Å². The second kappa shape index (κ2) is 8.53. The molecule has 0 saturated heterocycles. The lowest BCUT2D eigenvalue weighted by molar-refractivity contribution is 0.102. The van der Waals surface area contributed by atoms with E-state index in [9.17, 15) is 14.0 Å². The molecule has 0 radical (unpaired) electrons. The van der Waals surface area contributed by atoms with Gasteiger partial charge in [0, 0.05) is 0 Å². The molecule has 1 N–H and O–H groups in total. The van der Waals surface area contributed by atoms with Crippen LogP contribution in [0.15, 0.2) is 70.8 Å². The summed E-state index contributed by atoms with van der Waals surface area (Å²) in [5, 5.41) is 9.00. The van der Waals surface area contributed by atoms with Crippen LogP contribution in [0.5, 0.6) is 5.75 Å². The maximum atomic E-state index is 13.5. The van der Waals surface area contributed by atoms with Gasteiger partial charge in [0.2, 0.25) is 5.43 Å². The van der Waals surface area contributed by atoms with Gasteiger partial charge < -0.3 is 10.1 Å². The molecule has 0 bridgehead atoms. The van der Waals surface area contributed by atoms with E-state index in [1.807, 2.05) is 0 Å². The summed E-state index contributed by atoms with van der Waals surface area (Å²) in [7, 11) is 1.53. The van der Waals surface area contributed by atoms with E-state index in [2.05, 4.69) is 10.4 Å². The molecule has 0 aliphatic heterocycles. The maximum Gasteiger partial charge on any atom is 0.266 e. The molecule has 1 amide bonds. The summed E-state index contributed by atoms with van der Waals surface area (Å²) in [6.45, 7) is 1.59. The summed E-state index contributed by atoms with van der Waals surface area (Å²) in [6.07, 6.45) is 0. The number of benzene rings is 2. The Morgan fingerprint density at radius 3 is 2.58 bits per heavy atom. The van der Waals surface area contributed by atoms with Crippen LogP contribution >= 0.6 is 11.3 Å². The number of thiophene rings is 1. The molecule has 2 aromatic carbocycles. The fraction of sp³-hybridized carbons (Fsp3) is 0.0870. The monoisotopic (exact) mass is 435 g/mol. The number of hydrogen-bond acceptors (Lipinski definition) is 5. The first-order chi connectivity index (χ1) is 15.0. The molecular formula is C23H18FN3O3S. The largest absolute Gasteiger partial charge is 0.497 e. The summed E-state index contributed by atoms with van der Waals surface area (Å²) in [4.78, 5) is 26.5. The van der Waals surface area contributed by atoms with Crippen LogP contribution in [-0.2, 0) is 0 Å². The minimum atomic E-state index is -0.404. The van der Waals surface area contributed by atoms with Crippen molar-refractivity contribution in [3.63, 3.8) is 0 Å². The maximum absolute atomic E-state index is 13.5. The molecular weight excluding hydrogens is 417 g/mol. The Balaban J connectivity index is 1.98. The highest BCUT2D eigenvalue weighted by Crippen LogP contribution is 2.30. The molecule has 0 unspecified atom stereocenters. The van der Waals surface area contributed by atoms with Crippen molar-refractivity contribution in [1.29, 1.82) is 0 Å². The van der Waals surface area contributed by atoms with Gasteiger partial charge in [-0.3, -0.25) is 9.59 Å². The zero-order chi connectivity index (χ0) is 22.0. The van der Waals surface area contributed by atoms with Crippen molar-refractivity contribution in [1.82, 2.24) is 9.78 Å². The predicted molar refractivity (Wildman–Crippen MR) is 119 cm³/mol. The quantitative estimate of drug-likeness (QED) is 0.494. The van der Waals surface area contributed by atoms with Crippen LogP contribution in [0.3, 0.4) is 0 Å². The molecule has 0 atom stereocenters. The standard InChI is InChI=1S/C23H18FN3O3S/c1-14-21(28)20(15-5-3-6-18(13-15)30-2)22(25-23(29)19-7-4-12-31-19)27(26-14)17-10-8-16(24)9-11-17/h3-13H,1-2H3,(H,25,29). The van der Waals surface area contributed by atoms with E-state index >= 15 is 0 Å². The number of aryl methyl sites for hydroxylation is 1. The number of nitrogens with zero attached hydrogens (tertiary/aromatic N) is 2. The first-order valence-corrected chi connectivity index (χ1v) is 10.2. The lowest BCUT2D eigenvalue weighted by Gasteiger charge is -2.18. The lowest BCUT2D eigenvalue weighted by Crippen LogP contribution is -2.24. The molecule has 0 spiro atoms. The van der Waals surface area contributed by atoms with E-state index in [-0.39, 0.29) is 28.4 Å². The number of ether oxygens (including phenoxy) is 1. The second-order valence-electron chi connectivity index (χ2n) is 6.69. The molecule has 2 heterocycles. The fourth-order valence-corrected chi connectivity index (χ4v) is 3.77. The molecule has 31 heavy (non-hydrogen) atoms. The number of halogens is 1. The van der Waals surface area contributed by atoms with Crippen LogP contribution in [-0.4, -0.2) is 22.8 Å². The van der Waals surface area contributed by atoms with Crippen molar-refractivity contribution < 1.29 is 13.9 Å². The highest BCUT2D eigenvalue weighted by atomic mass is 32.1. The predicted octanol–water partition coefficient (Wildman–Crippen LogP) is 4.67. The Hall–Kier alpha value is -3.78. The first-order valence-electron chi connectivity index (χ1n) is 9.37. The van der Waals surface area contributed by atoms with E-state index in [0.29, 0.717) is 21.9 Å². The van der Waals surface area contributed by atoms with Crippen LogP contribution in [0.2, 0.25) is 0 Å². The van der Waals surface area contributed by atoms with Gasteiger partial charge in [0.25, 0.3) is 5.91 Å². The third kappa shape index (κ3) is 4.10. The van der Waals surface area contributed by atoms with Crippen LogP contribution in [0.25, 0.3) is 16.8 Å². The van der Waals surface area contributed by atoms with Gasteiger partial charge in [0.15, 0.2) is 0 Å². The van der Waals surface area contributed by atoms with Gasteiger partial charge in [-0.05, 0) is 60.3 Å². The first kappa shape index (κ1) is 20.5. The number of anilines is 1. The second-order valence-corrected chi connectivity index (χ2v) is 7.64. The van der Waals surface area contributed by atoms with Gasteiger partial charge in [0.05, 0.1) is 23.2 Å². The number of rotatable bonds is 5. The molecule has 0 aliphatic rings. The van der Waals surface area contributed by atoms with Crippen molar-refractivity contribution in [3.8, 4) is 22.6 Å². The lowest BCUT2D eigenvalue weighted by atomic mass is 10.0. The van der Waals surface area contributed by atoms with E-state index in [1.165, 1.54) is 47.4 Å². The van der Waals surface area contributed by atoms with Crippen LogP contribution in [0.1, 0.15) is 15.4 Å². The number of carbonyl (C=O) groups excluding carboxylic acids is 1. The number of methoxy groups -OCH3 is 1. The van der Waals surface area contributed by atoms with Crippen molar-refractivity contribution in [2.75, 3.05) is 12.4 Å². The van der Waals surface area contributed by atoms with Gasteiger partial charge in [-0.1, -0.05) is 18.2 Å². The Morgan fingerprint density at radius 1 is 1.13 bits per heavy atom. The molecule has 156 valence electrons. The molecule has 2 aromatic heterocycles. The number of amides is 1. The summed E-state index contributed by atoms with van der Waals surface area (Å²) >= 11 is 1.28. The number of aromatic nitrogens is 2. The highest BCUT2D eigenvalue weighted by molar-refractivity contribution is 7.12. The Kier molecular flexibility index (Phi) is 5.64. The number of nitrogens with one attached hydrogen (secondary N) is 1. The van der Waals surface area contributed by atoms with Gasteiger partial charge in [-0.2, -0.15) is 5.10 Å². The SMILES string of the molecule is COc1cccc(-c2c(NC(=O)c3cccs3)n(-c3ccc(F)cc3)nc(C)c2=O)c1. The third-order valence-corrected chi connectivity index (χ3v) is 5.53. The molecule has 6 nitrogen and oxygen atoms in total. The summed E-state index contributed by atoms with van der Waals surface area (Å²) in [6, 6.07) is 16.1. The average Bonchev–Trinajstić information content (AvgIpc) is 3.32. The zero-order valence-corrected chi connectivity index (χ0v) is 17.6. The molecule has 0 saturated carbocycles. The third-order valence-electron chi connectivity index (χ3n) is 4.66. The normalized spacial score (nSPS) is 10.7. The van der Waals surface area contributed by atoms with Crippen molar-refractivity contribution >= 4 is 23.1 Å². The summed E-state index contributed by atoms with van der Waals surface area (Å²) in [5.41, 5.74) is 1.23. The van der Waals surface area contributed by atoms with Crippen LogP contribution in [0, 0.1) is 12.7 Å². The molecule has 0 aliphatic carbocycles. The van der Waals surface area contributed by atoms with Crippen molar-refractivity contribution in [2.45, 2.75) is 6.92 Å². The van der Waals surface area contributed by atoms with Crippen molar-refractivity contribution in [3.05, 3.63) is 92.7 Å². The zero-order valence-electron chi connectivity index (χ0n) is 16.8.